The first-order valence-electron chi connectivity index (χ1n) is 11.6. The number of rotatable bonds is 6. The molecular weight excluding hydrogens is 474 g/mol. The molecule has 9 heteroatoms. The Kier molecular flexibility index (Phi) is 6.75. The number of aromatic nitrogens is 3. The Morgan fingerprint density at radius 3 is 2.00 bits per heavy atom. The highest BCUT2D eigenvalue weighted by Crippen LogP contribution is 2.22. The summed E-state index contributed by atoms with van der Waals surface area (Å²) >= 11 is 0. The van der Waals surface area contributed by atoms with E-state index in [0.29, 0.717) is 5.82 Å². The van der Waals surface area contributed by atoms with E-state index in [2.05, 4.69) is 10.1 Å². The Morgan fingerprint density at radius 1 is 0.778 bits per heavy atom. The maximum atomic E-state index is 13.3. The summed E-state index contributed by atoms with van der Waals surface area (Å²) in [6.07, 6.45) is 1.58. The predicted octanol–water partition coefficient (Wildman–Crippen LogP) is 3.69. The Hall–Kier alpha value is -4.08. The van der Waals surface area contributed by atoms with E-state index in [1.165, 1.54) is 9.71 Å². The van der Waals surface area contributed by atoms with Crippen molar-refractivity contribution < 1.29 is 13.2 Å². The Bertz CT molecular complexity index is 1400. The average molecular weight is 500 g/mol. The maximum absolute atomic E-state index is 13.3. The fourth-order valence-corrected chi connectivity index (χ4v) is 5.20. The van der Waals surface area contributed by atoms with Crippen molar-refractivity contribution in [3.05, 3.63) is 108 Å². The van der Waals surface area contributed by atoms with Gasteiger partial charge < -0.3 is 4.90 Å². The zero-order chi connectivity index (χ0) is 25.0. The van der Waals surface area contributed by atoms with Gasteiger partial charge in [-0.2, -0.15) is 4.31 Å². The third-order valence-electron chi connectivity index (χ3n) is 5.95. The van der Waals surface area contributed by atoms with E-state index in [9.17, 15) is 13.2 Å². The number of nitrogens with zero attached hydrogens (tertiary/aromatic N) is 5. The molecule has 0 spiro atoms. The summed E-state index contributed by atoms with van der Waals surface area (Å²) in [6.45, 7) is 0.936. The largest absolute Gasteiger partial charge is 0.333 e. The fourth-order valence-electron chi connectivity index (χ4n) is 4.03. The summed E-state index contributed by atoms with van der Waals surface area (Å²) in [6, 6.07) is 28.4. The molecule has 36 heavy (non-hydrogen) atoms. The lowest BCUT2D eigenvalue weighted by molar-refractivity contribution is 0.0686. The van der Waals surface area contributed by atoms with Crippen LogP contribution in [0.4, 0.5) is 0 Å². The van der Waals surface area contributed by atoms with Crippen molar-refractivity contribution in [1.82, 2.24) is 24.0 Å². The van der Waals surface area contributed by atoms with Crippen LogP contribution in [0.3, 0.4) is 0 Å². The van der Waals surface area contributed by atoms with Gasteiger partial charge in [-0.1, -0.05) is 78.9 Å². The summed E-state index contributed by atoms with van der Waals surface area (Å²) in [5.41, 5.74) is 2.45. The molecule has 1 saturated heterocycles. The molecular formula is C27H25N5O3S. The minimum Gasteiger partial charge on any atom is -0.333 e. The lowest BCUT2D eigenvalue weighted by Crippen LogP contribution is -2.50. The summed E-state index contributed by atoms with van der Waals surface area (Å²) in [5.74, 6) is 0.328. The topological polar surface area (TPSA) is 88.4 Å². The van der Waals surface area contributed by atoms with Gasteiger partial charge in [-0.15, -0.1) is 5.10 Å². The molecule has 0 aliphatic carbocycles. The second kappa shape index (κ2) is 10.3. The second-order valence-electron chi connectivity index (χ2n) is 8.32. The molecule has 3 aromatic carbocycles. The molecule has 0 bridgehead atoms. The number of piperazine rings is 1. The van der Waals surface area contributed by atoms with E-state index in [0.717, 1.165) is 16.8 Å². The first-order chi connectivity index (χ1) is 17.5. The van der Waals surface area contributed by atoms with E-state index in [4.69, 9.17) is 0 Å². The highest BCUT2D eigenvalue weighted by molar-refractivity contribution is 7.92. The number of para-hydroxylation sites is 1. The second-order valence-corrected chi connectivity index (χ2v) is 10.1. The van der Waals surface area contributed by atoms with Gasteiger partial charge in [-0.3, -0.25) is 4.79 Å². The van der Waals surface area contributed by atoms with E-state index < -0.39 is 10.0 Å². The van der Waals surface area contributed by atoms with Crippen molar-refractivity contribution in [3.63, 3.8) is 0 Å². The van der Waals surface area contributed by atoms with Crippen LogP contribution in [0.2, 0.25) is 0 Å². The number of carbonyl (C=O) groups is 1. The van der Waals surface area contributed by atoms with Gasteiger partial charge in [0.05, 0.1) is 5.69 Å². The van der Waals surface area contributed by atoms with E-state index in [-0.39, 0.29) is 37.9 Å². The van der Waals surface area contributed by atoms with Crippen molar-refractivity contribution in [2.45, 2.75) is 0 Å². The van der Waals surface area contributed by atoms with E-state index in [1.807, 2.05) is 91.0 Å². The first-order valence-corrected chi connectivity index (χ1v) is 13.1. The molecule has 1 aliphatic rings. The molecule has 1 fully saturated rings. The van der Waals surface area contributed by atoms with Crippen molar-refractivity contribution in [2.75, 3.05) is 26.2 Å². The highest BCUT2D eigenvalue weighted by Gasteiger charge is 2.30. The van der Waals surface area contributed by atoms with Crippen molar-refractivity contribution in [3.8, 4) is 17.1 Å². The molecule has 4 aromatic rings. The monoisotopic (exact) mass is 499 g/mol. The van der Waals surface area contributed by atoms with Gasteiger partial charge in [0.25, 0.3) is 5.91 Å². The van der Waals surface area contributed by atoms with Gasteiger partial charge >= 0.3 is 0 Å². The zero-order valence-electron chi connectivity index (χ0n) is 19.5. The molecule has 0 saturated carbocycles. The van der Waals surface area contributed by atoms with Gasteiger partial charge in [0.1, 0.15) is 0 Å². The van der Waals surface area contributed by atoms with Crippen LogP contribution < -0.4 is 0 Å². The lowest BCUT2D eigenvalue weighted by Gasteiger charge is -2.32. The molecule has 1 amide bonds. The Labute approximate surface area is 210 Å². The molecule has 5 rings (SSSR count). The molecule has 0 radical (unpaired) electrons. The minimum absolute atomic E-state index is 0.0815. The van der Waals surface area contributed by atoms with Crippen molar-refractivity contribution >= 4 is 22.0 Å². The van der Waals surface area contributed by atoms with Crippen LogP contribution >= 0.6 is 0 Å². The number of sulfonamides is 1. The van der Waals surface area contributed by atoms with Gasteiger partial charge in [0.2, 0.25) is 15.8 Å². The van der Waals surface area contributed by atoms with Crippen LogP contribution in [0.25, 0.3) is 23.2 Å². The van der Waals surface area contributed by atoms with E-state index >= 15 is 0 Å². The summed E-state index contributed by atoms with van der Waals surface area (Å²) in [7, 11) is -3.59. The third kappa shape index (κ3) is 5.12. The standard InChI is InChI=1S/C27H25N5O3S/c33-27(30-17-19-31(20-18-30)36(34,35)21-16-22-10-4-1-5-11-22)25-28-26(23-12-6-2-7-13-23)32(29-25)24-14-8-3-9-15-24/h1-16,21H,17-20H2/b21-16+. The summed E-state index contributed by atoms with van der Waals surface area (Å²) in [4.78, 5) is 19.5. The van der Waals surface area contributed by atoms with Gasteiger partial charge in [-0.05, 0) is 23.8 Å². The molecule has 0 unspecified atom stereocenters. The molecule has 8 nitrogen and oxygen atoms in total. The number of hydrogen-bond donors (Lipinski definition) is 0. The summed E-state index contributed by atoms with van der Waals surface area (Å²) < 4.78 is 28.6. The lowest BCUT2D eigenvalue weighted by atomic mass is 10.2. The molecule has 2 heterocycles. The quantitative estimate of drug-likeness (QED) is 0.404. The van der Waals surface area contributed by atoms with Gasteiger partial charge in [-0.25, -0.2) is 18.1 Å². The molecule has 182 valence electrons. The number of hydrogen-bond acceptors (Lipinski definition) is 5. The highest BCUT2D eigenvalue weighted by atomic mass is 32.2. The van der Waals surface area contributed by atoms with Crippen LogP contribution in [0, 0.1) is 0 Å². The fraction of sp³-hybridized carbons (Fsp3) is 0.148. The van der Waals surface area contributed by atoms with Crippen molar-refractivity contribution in [1.29, 1.82) is 0 Å². The van der Waals surface area contributed by atoms with Gasteiger partial charge in [0.15, 0.2) is 5.82 Å². The van der Waals surface area contributed by atoms with Crippen molar-refractivity contribution in [2.24, 2.45) is 0 Å². The van der Waals surface area contributed by atoms with Crippen LogP contribution in [-0.4, -0.2) is 64.5 Å². The Morgan fingerprint density at radius 2 is 1.36 bits per heavy atom. The van der Waals surface area contributed by atoms with Crippen LogP contribution in [0.1, 0.15) is 16.2 Å². The van der Waals surface area contributed by atoms with Gasteiger partial charge in [0, 0.05) is 37.2 Å². The number of amides is 1. The normalized spacial score (nSPS) is 14.8. The van der Waals surface area contributed by atoms with Crippen LogP contribution in [0.15, 0.2) is 96.4 Å². The maximum Gasteiger partial charge on any atom is 0.293 e. The van der Waals surface area contributed by atoms with Crippen LogP contribution in [-0.2, 0) is 10.0 Å². The third-order valence-corrected chi connectivity index (χ3v) is 7.51. The van der Waals surface area contributed by atoms with Crippen LogP contribution in [0.5, 0.6) is 0 Å². The SMILES string of the molecule is O=C(c1nc(-c2ccccc2)n(-c2ccccc2)n1)N1CCN(S(=O)(=O)/C=C/c2ccccc2)CC1. The summed E-state index contributed by atoms with van der Waals surface area (Å²) in [5, 5.41) is 5.75. The smallest absolute Gasteiger partial charge is 0.293 e. The predicted molar refractivity (Wildman–Crippen MR) is 139 cm³/mol. The number of benzene rings is 3. The average Bonchev–Trinajstić information content (AvgIpc) is 3.39. The molecule has 1 aliphatic heterocycles. The zero-order valence-corrected chi connectivity index (χ0v) is 20.3. The number of carbonyl (C=O) groups excluding carboxylic acids is 1. The van der Waals surface area contributed by atoms with E-state index in [1.54, 1.807) is 15.7 Å². The minimum atomic E-state index is -3.59. The molecule has 1 aromatic heterocycles. The molecule has 0 N–H and O–H groups in total. The first kappa shape index (κ1) is 23.7. The molecule has 0 atom stereocenters. The Balaban J connectivity index is 1.33.